The molecule has 0 radical (unpaired) electrons. The van der Waals surface area contributed by atoms with Crippen molar-refractivity contribution >= 4 is 12.0 Å². The van der Waals surface area contributed by atoms with Gasteiger partial charge in [-0.05, 0) is 33.1 Å². The minimum atomic E-state index is -0.856. The van der Waals surface area contributed by atoms with Gasteiger partial charge in [-0.2, -0.15) is 0 Å². The lowest BCUT2D eigenvalue weighted by molar-refractivity contribution is -0.122. The van der Waals surface area contributed by atoms with Gasteiger partial charge in [0, 0.05) is 5.92 Å². The molecule has 6 heteroatoms. The van der Waals surface area contributed by atoms with Crippen molar-refractivity contribution in [3.05, 3.63) is 0 Å². The third kappa shape index (κ3) is 7.33. The predicted octanol–water partition coefficient (Wildman–Crippen LogP) is 1.41. The van der Waals surface area contributed by atoms with Crippen LogP contribution in [0.5, 0.6) is 0 Å². The number of hydrogen-bond acceptors (Lipinski definition) is 4. The van der Waals surface area contributed by atoms with Gasteiger partial charge < -0.3 is 20.9 Å². The van der Waals surface area contributed by atoms with Crippen LogP contribution in [0.4, 0.5) is 4.79 Å². The SMILES string of the molecule is CC(C)[C@H](NC(=O)OC(C)(C)C)[C@H](O)C[C@H](C)C(N)=O. The molecular weight excluding hydrogens is 260 g/mol. The van der Waals surface area contributed by atoms with Gasteiger partial charge in [0.25, 0.3) is 0 Å². The molecule has 4 N–H and O–H groups in total. The molecule has 0 aromatic heterocycles. The molecule has 0 fully saturated rings. The van der Waals surface area contributed by atoms with E-state index in [2.05, 4.69) is 5.32 Å². The van der Waals surface area contributed by atoms with E-state index in [1.807, 2.05) is 13.8 Å². The first-order chi connectivity index (χ1) is 8.94. The van der Waals surface area contributed by atoms with Crippen LogP contribution in [0.15, 0.2) is 0 Å². The second kappa shape index (κ2) is 7.47. The van der Waals surface area contributed by atoms with Gasteiger partial charge in [0.05, 0.1) is 12.1 Å². The van der Waals surface area contributed by atoms with E-state index in [1.165, 1.54) is 0 Å². The highest BCUT2D eigenvalue weighted by atomic mass is 16.6. The first kappa shape index (κ1) is 18.7. The number of hydrogen-bond donors (Lipinski definition) is 3. The van der Waals surface area contributed by atoms with Crippen LogP contribution < -0.4 is 11.1 Å². The molecule has 0 aliphatic rings. The summed E-state index contributed by atoms with van der Waals surface area (Å²) < 4.78 is 5.17. The molecule has 0 aromatic rings. The number of carbonyl (C=O) groups is 2. The van der Waals surface area contributed by atoms with E-state index < -0.39 is 35.7 Å². The predicted molar refractivity (Wildman–Crippen MR) is 77.0 cm³/mol. The molecule has 0 heterocycles. The van der Waals surface area contributed by atoms with Crippen molar-refractivity contribution in [2.24, 2.45) is 17.6 Å². The van der Waals surface area contributed by atoms with Crippen molar-refractivity contribution in [2.45, 2.75) is 65.7 Å². The number of carbonyl (C=O) groups excluding carboxylic acids is 2. The van der Waals surface area contributed by atoms with E-state index >= 15 is 0 Å². The molecule has 0 unspecified atom stereocenters. The Labute approximate surface area is 121 Å². The normalized spacial score (nSPS) is 16.4. The zero-order chi connectivity index (χ0) is 16.1. The van der Waals surface area contributed by atoms with Crippen LogP contribution in [0.2, 0.25) is 0 Å². The van der Waals surface area contributed by atoms with E-state index in [0.717, 1.165) is 0 Å². The van der Waals surface area contributed by atoms with Crippen molar-refractivity contribution in [3.8, 4) is 0 Å². The van der Waals surface area contributed by atoms with E-state index in [4.69, 9.17) is 10.5 Å². The summed E-state index contributed by atoms with van der Waals surface area (Å²) >= 11 is 0. The molecule has 0 rings (SSSR count). The van der Waals surface area contributed by atoms with Crippen LogP contribution in [0.3, 0.4) is 0 Å². The summed E-state index contributed by atoms with van der Waals surface area (Å²) in [5.41, 5.74) is 4.58. The highest BCUT2D eigenvalue weighted by Gasteiger charge is 2.29. The highest BCUT2D eigenvalue weighted by molar-refractivity contribution is 5.76. The van der Waals surface area contributed by atoms with Gasteiger partial charge in [-0.3, -0.25) is 4.79 Å². The van der Waals surface area contributed by atoms with Gasteiger partial charge >= 0.3 is 6.09 Å². The molecule has 0 bridgehead atoms. The third-order valence-corrected chi connectivity index (χ3v) is 2.90. The maximum absolute atomic E-state index is 11.8. The lowest BCUT2D eigenvalue weighted by Crippen LogP contribution is -2.49. The fraction of sp³-hybridized carbons (Fsp3) is 0.857. The van der Waals surface area contributed by atoms with E-state index in [1.54, 1.807) is 27.7 Å². The number of amides is 2. The molecule has 0 saturated heterocycles. The molecule has 3 atom stereocenters. The second-order valence-electron chi connectivity index (χ2n) is 6.52. The van der Waals surface area contributed by atoms with Gasteiger partial charge in [0.1, 0.15) is 5.60 Å². The van der Waals surface area contributed by atoms with Crippen molar-refractivity contribution in [1.82, 2.24) is 5.32 Å². The van der Waals surface area contributed by atoms with Crippen molar-refractivity contribution in [3.63, 3.8) is 0 Å². The topological polar surface area (TPSA) is 102 Å². The summed E-state index contributed by atoms with van der Waals surface area (Å²) in [4.78, 5) is 22.8. The first-order valence-electron chi connectivity index (χ1n) is 6.91. The molecule has 0 saturated carbocycles. The molecule has 20 heavy (non-hydrogen) atoms. The van der Waals surface area contributed by atoms with Gasteiger partial charge in [-0.25, -0.2) is 4.79 Å². The number of alkyl carbamates (subject to hydrolysis) is 1. The fourth-order valence-electron chi connectivity index (χ4n) is 1.78. The lowest BCUT2D eigenvalue weighted by Gasteiger charge is -2.30. The Morgan fingerprint density at radius 3 is 2.10 bits per heavy atom. The summed E-state index contributed by atoms with van der Waals surface area (Å²) in [6.07, 6.45) is -1.24. The summed E-state index contributed by atoms with van der Waals surface area (Å²) in [6, 6.07) is -0.494. The average molecular weight is 288 g/mol. The standard InChI is InChI=1S/C14H28N2O4/c1-8(2)11(10(17)7-9(3)12(15)18)16-13(19)20-14(4,5)6/h8-11,17H,7H2,1-6H3,(H2,15,18)(H,16,19)/t9-,10+,11-/m0/s1. The summed E-state index contributed by atoms with van der Waals surface area (Å²) in [6.45, 7) is 10.7. The molecule has 0 aromatic carbocycles. The van der Waals surface area contributed by atoms with Crippen LogP contribution >= 0.6 is 0 Å². The van der Waals surface area contributed by atoms with E-state index in [0.29, 0.717) is 0 Å². The minimum absolute atomic E-state index is 0.00223. The highest BCUT2D eigenvalue weighted by Crippen LogP contribution is 2.16. The summed E-state index contributed by atoms with van der Waals surface area (Å²) in [7, 11) is 0. The van der Waals surface area contributed by atoms with Crippen LogP contribution in [0.25, 0.3) is 0 Å². The smallest absolute Gasteiger partial charge is 0.407 e. The molecule has 6 nitrogen and oxygen atoms in total. The molecule has 0 aliphatic carbocycles. The quantitative estimate of drug-likeness (QED) is 0.687. The number of aliphatic hydroxyl groups excluding tert-OH is 1. The van der Waals surface area contributed by atoms with Gasteiger partial charge in [0.15, 0.2) is 0 Å². The van der Waals surface area contributed by atoms with Crippen molar-refractivity contribution in [1.29, 1.82) is 0 Å². The maximum atomic E-state index is 11.8. The fourth-order valence-corrected chi connectivity index (χ4v) is 1.78. The van der Waals surface area contributed by atoms with E-state index in [9.17, 15) is 14.7 Å². The maximum Gasteiger partial charge on any atom is 0.407 e. The first-order valence-corrected chi connectivity index (χ1v) is 6.91. The third-order valence-electron chi connectivity index (χ3n) is 2.90. The Morgan fingerprint density at radius 1 is 1.25 bits per heavy atom. The van der Waals surface area contributed by atoms with Crippen LogP contribution in [0.1, 0.15) is 48.0 Å². The Morgan fingerprint density at radius 2 is 1.75 bits per heavy atom. The molecule has 0 spiro atoms. The Bertz CT molecular complexity index is 337. The largest absolute Gasteiger partial charge is 0.444 e. The van der Waals surface area contributed by atoms with Crippen molar-refractivity contribution < 1.29 is 19.4 Å². The Balaban J connectivity index is 4.64. The molecule has 0 aliphatic heterocycles. The molecule has 118 valence electrons. The monoisotopic (exact) mass is 288 g/mol. The van der Waals surface area contributed by atoms with E-state index in [-0.39, 0.29) is 12.3 Å². The molecule has 2 amide bonds. The second-order valence-corrected chi connectivity index (χ2v) is 6.52. The summed E-state index contributed by atoms with van der Waals surface area (Å²) in [5, 5.41) is 12.8. The van der Waals surface area contributed by atoms with Gasteiger partial charge in [0.2, 0.25) is 5.91 Å². The Kier molecular flexibility index (Phi) is 6.99. The summed E-state index contributed by atoms with van der Waals surface area (Å²) in [5.74, 6) is -0.923. The zero-order valence-corrected chi connectivity index (χ0v) is 13.3. The number of ether oxygens (including phenoxy) is 1. The lowest BCUT2D eigenvalue weighted by atomic mass is 9.91. The van der Waals surface area contributed by atoms with Crippen LogP contribution in [-0.2, 0) is 9.53 Å². The average Bonchev–Trinajstić information content (AvgIpc) is 2.22. The van der Waals surface area contributed by atoms with Gasteiger partial charge in [-0.1, -0.05) is 20.8 Å². The molecular formula is C14H28N2O4. The Hall–Kier alpha value is -1.30. The number of rotatable bonds is 6. The van der Waals surface area contributed by atoms with Crippen LogP contribution in [0, 0.1) is 11.8 Å². The van der Waals surface area contributed by atoms with Crippen LogP contribution in [-0.4, -0.2) is 34.9 Å². The number of primary amides is 1. The van der Waals surface area contributed by atoms with Crippen molar-refractivity contribution in [2.75, 3.05) is 0 Å². The number of aliphatic hydroxyl groups is 1. The van der Waals surface area contributed by atoms with Gasteiger partial charge in [-0.15, -0.1) is 0 Å². The number of nitrogens with one attached hydrogen (secondary N) is 1. The zero-order valence-electron chi connectivity index (χ0n) is 13.3. The number of nitrogens with two attached hydrogens (primary N) is 1. The minimum Gasteiger partial charge on any atom is -0.444 e.